The Hall–Kier alpha value is -1.16. The zero-order valence-corrected chi connectivity index (χ0v) is 9.57. The minimum Gasteiger partial charge on any atom is -0.355 e. The predicted octanol–water partition coefficient (Wildman–Crippen LogP) is 0.877. The van der Waals surface area contributed by atoms with Crippen molar-refractivity contribution in [3.05, 3.63) is 17.6 Å². The fraction of sp³-hybridized carbons (Fsp3) is 0.636. The molecule has 0 bridgehead atoms. The molecule has 2 N–H and O–H groups in total. The zero-order chi connectivity index (χ0) is 11.0. The highest BCUT2D eigenvalue weighted by Gasteiger charge is 2.27. The van der Waals surface area contributed by atoms with Gasteiger partial charge in [-0.05, 0) is 19.8 Å². The van der Waals surface area contributed by atoms with E-state index in [2.05, 4.69) is 21.8 Å². The molecule has 2 atom stereocenters. The van der Waals surface area contributed by atoms with Crippen molar-refractivity contribution < 1.29 is 0 Å². The van der Waals surface area contributed by atoms with Gasteiger partial charge in [0.25, 0.3) is 0 Å². The maximum absolute atomic E-state index is 6.00. The Morgan fingerprint density at radius 3 is 2.60 bits per heavy atom. The lowest BCUT2D eigenvalue weighted by Crippen LogP contribution is -2.28. The average molecular weight is 206 g/mol. The van der Waals surface area contributed by atoms with Crippen LogP contribution in [0, 0.1) is 19.8 Å². The van der Waals surface area contributed by atoms with E-state index in [1.165, 1.54) is 0 Å². The molecular formula is C11H18N4. The van der Waals surface area contributed by atoms with Crippen molar-refractivity contribution in [2.45, 2.75) is 26.8 Å². The summed E-state index contributed by atoms with van der Waals surface area (Å²) in [6.45, 7) is 8.01. The Bertz CT molecular complexity index is 333. The molecule has 0 spiro atoms. The van der Waals surface area contributed by atoms with Gasteiger partial charge in [-0.3, -0.25) is 0 Å². The quantitative estimate of drug-likeness (QED) is 0.741. The number of hydrogen-bond donors (Lipinski definition) is 1. The van der Waals surface area contributed by atoms with Crippen LogP contribution in [0.2, 0.25) is 0 Å². The van der Waals surface area contributed by atoms with Gasteiger partial charge < -0.3 is 10.6 Å². The summed E-state index contributed by atoms with van der Waals surface area (Å²) < 4.78 is 0. The molecule has 1 saturated heterocycles. The zero-order valence-electron chi connectivity index (χ0n) is 9.57. The highest BCUT2D eigenvalue weighted by Crippen LogP contribution is 2.21. The first-order valence-electron chi connectivity index (χ1n) is 5.39. The Balaban J connectivity index is 2.23. The average Bonchev–Trinajstić information content (AvgIpc) is 2.45. The van der Waals surface area contributed by atoms with Crippen molar-refractivity contribution in [2.75, 3.05) is 18.0 Å². The summed E-state index contributed by atoms with van der Waals surface area (Å²) in [5.74, 6) is 2.39. The van der Waals surface area contributed by atoms with Crippen LogP contribution in [0.3, 0.4) is 0 Å². The summed E-state index contributed by atoms with van der Waals surface area (Å²) in [4.78, 5) is 11.0. The topological polar surface area (TPSA) is 55.0 Å². The molecule has 0 saturated carbocycles. The molecule has 4 heteroatoms. The summed E-state index contributed by atoms with van der Waals surface area (Å²) in [6, 6.07) is 2.29. The fourth-order valence-corrected chi connectivity index (χ4v) is 2.04. The first-order valence-corrected chi connectivity index (χ1v) is 5.39. The molecular weight excluding hydrogens is 188 g/mol. The van der Waals surface area contributed by atoms with Gasteiger partial charge in [-0.1, -0.05) is 6.92 Å². The predicted molar refractivity (Wildman–Crippen MR) is 60.9 cm³/mol. The SMILES string of the molecule is Cc1cc(N2CC(C)C(N)C2)nc(C)n1. The van der Waals surface area contributed by atoms with Gasteiger partial charge in [-0.15, -0.1) is 0 Å². The van der Waals surface area contributed by atoms with Gasteiger partial charge in [-0.25, -0.2) is 9.97 Å². The Kier molecular flexibility index (Phi) is 2.61. The van der Waals surface area contributed by atoms with Gasteiger partial charge in [0.15, 0.2) is 0 Å². The van der Waals surface area contributed by atoms with Gasteiger partial charge >= 0.3 is 0 Å². The third kappa shape index (κ3) is 2.09. The molecule has 82 valence electrons. The van der Waals surface area contributed by atoms with E-state index in [9.17, 15) is 0 Å². The van der Waals surface area contributed by atoms with Crippen LogP contribution in [-0.2, 0) is 0 Å². The second-order valence-electron chi connectivity index (χ2n) is 4.46. The Labute approximate surface area is 90.5 Å². The third-order valence-corrected chi connectivity index (χ3v) is 2.95. The van der Waals surface area contributed by atoms with Crippen LogP contribution < -0.4 is 10.6 Å². The largest absolute Gasteiger partial charge is 0.355 e. The van der Waals surface area contributed by atoms with Crippen molar-refractivity contribution >= 4 is 5.82 Å². The number of rotatable bonds is 1. The number of nitrogens with two attached hydrogens (primary N) is 1. The van der Waals surface area contributed by atoms with Gasteiger partial charge in [-0.2, -0.15) is 0 Å². The molecule has 2 rings (SSSR count). The first-order chi connectivity index (χ1) is 7.06. The molecule has 0 aliphatic carbocycles. The molecule has 2 unspecified atom stereocenters. The molecule has 4 nitrogen and oxygen atoms in total. The number of nitrogens with zero attached hydrogens (tertiary/aromatic N) is 3. The van der Waals surface area contributed by atoms with E-state index in [-0.39, 0.29) is 6.04 Å². The van der Waals surface area contributed by atoms with Gasteiger partial charge in [0, 0.05) is 30.9 Å². The van der Waals surface area contributed by atoms with Crippen LogP contribution in [0.25, 0.3) is 0 Å². The summed E-state index contributed by atoms with van der Waals surface area (Å²) >= 11 is 0. The molecule has 0 aromatic carbocycles. The first kappa shape index (κ1) is 10.4. The van der Waals surface area contributed by atoms with Gasteiger partial charge in [0.1, 0.15) is 11.6 Å². The molecule has 1 aliphatic rings. The maximum Gasteiger partial charge on any atom is 0.132 e. The van der Waals surface area contributed by atoms with Crippen molar-refractivity contribution in [1.82, 2.24) is 9.97 Å². The van der Waals surface area contributed by atoms with Gasteiger partial charge in [0.2, 0.25) is 0 Å². The molecule has 1 fully saturated rings. The molecule has 0 amide bonds. The van der Waals surface area contributed by atoms with Gasteiger partial charge in [0.05, 0.1) is 0 Å². The van der Waals surface area contributed by atoms with E-state index in [1.54, 1.807) is 0 Å². The standard InChI is InChI=1S/C11H18N4/c1-7-5-15(6-10(7)12)11-4-8(2)13-9(3)14-11/h4,7,10H,5-6,12H2,1-3H3. The summed E-state index contributed by atoms with van der Waals surface area (Å²) in [6.07, 6.45) is 0. The summed E-state index contributed by atoms with van der Waals surface area (Å²) in [5.41, 5.74) is 7.02. The van der Waals surface area contributed by atoms with Crippen molar-refractivity contribution in [3.8, 4) is 0 Å². The lowest BCUT2D eigenvalue weighted by Gasteiger charge is -2.17. The highest BCUT2D eigenvalue weighted by molar-refractivity contribution is 5.41. The van der Waals surface area contributed by atoms with E-state index in [0.717, 1.165) is 30.4 Å². The maximum atomic E-state index is 6.00. The van der Waals surface area contributed by atoms with Crippen LogP contribution in [0.4, 0.5) is 5.82 Å². The smallest absolute Gasteiger partial charge is 0.132 e. The molecule has 0 radical (unpaired) electrons. The van der Waals surface area contributed by atoms with E-state index < -0.39 is 0 Å². The number of hydrogen-bond acceptors (Lipinski definition) is 4. The molecule has 1 aromatic rings. The number of aryl methyl sites for hydroxylation is 2. The van der Waals surface area contributed by atoms with Crippen LogP contribution in [0.5, 0.6) is 0 Å². The summed E-state index contributed by atoms with van der Waals surface area (Å²) in [7, 11) is 0. The highest BCUT2D eigenvalue weighted by atomic mass is 15.2. The Morgan fingerprint density at radius 2 is 2.07 bits per heavy atom. The molecule has 15 heavy (non-hydrogen) atoms. The lowest BCUT2D eigenvalue weighted by molar-refractivity contribution is 0.566. The second-order valence-corrected chi connectivity index (χ2v) is 4.46. The summed E-state index contributed by atoms with van der Waals surface area (Å²) in [5, 5.41) is 0. The van der Waals surface area contributed by atoms with Crippen LogP contribution in [-0.4, -0.2) is 29.1 Å². The lowest BCUT2D eigenvalue weighted by atomic mass is 10.1. The second kappa shape index (κ2) is 3.77. The molecule has 1 aromatic heterocycles. The minimum absolute atomic E-state index is 0.264. The van der Waals surface area contributed by atoms with Crippen LogP contribution in [0.1, 0.15) is 18.4 Å². The van der Waals surface area contributed by atoms with E-state index in [1.807, 2.05) is 19.9 Å². The van der Waals surface area contributed by atoms with Crippen molar-refractivity contribution in [2.24, 2.45) is 11.7 Å². The monoisotopic (exact) mass is 206 g/mol. The van der Waals surface area contributed by atoms with E-state index in [0.29, 0.717) is 5.92 Å². The van der Waals surface area contributed by atoms with E-state index in [4.69, 9.17) is 5.73 Å². The molecule has 2 heterocycles. The number of aromatic nitrogens is 2. The van der Waals surface area contributed by atoms with Crippen LogP contribution >= 0.6 is 0 Å². The third-order valence-electron chi connectivity index (χ3n) is 2.95. The number of anilines is 1. The fourth-order valence-electron chi connectivity index (χ4n) is 2.04. The Morgan fingerprint density at radius 1 is 1.33 bits per heavy atom. The van der Waals surface area contributed by atoms with Crippen molar-refractivity contribution in [1.29, 1.82) is 0 Å². The normalized spacial score (nSPS) is 26.0. The van der Waals surface area contributed by atoms with E-state index >= 15 is 0 Å². The molecule has 1 aliphatic heterocycles. The minimum atomic E-state index is 0.264. The van der Waals surface area contributed by atoms with Crippen LogP contribution in [0.15, 0.2) is 6.07 Å². The van der Waals surface area contributed by atoms with Crippen molar-refractivity contribution in [3.63, 3.8) is 0 Å².